The Balaban J connectivity index is 2.34. The van der Waals surface area contributed by atoms with Crippen LogP contribution in [0.25, 0.3) is 0 Å². The number of hydrogen-bond donors (Lipinski definition) is 1. The Labute approximate surface area is 175 Å². The zero-order valence-corrected chi connectivity index (χ0v) is 18.9. The molecule has 2 aromatic rings. The van der Waals surface area contributed by atoms with Gasteiger partial charge in [-0.15, -0.1) is 0 Å². The summed E-state index contributed by atoms with van der Waals surface area (Å²) in [6.07, 6.45) is -1.10. The lowest BCUT2D eigenvalue weighted by molar-refractivity contribution is -0.152. The lowest BCUT2D eigenvalue weighted by Gasteiger charge is -2.43. The number of rotatable bonds is 9. The minimum absolute atomic E-state index is 0.122. The molecule has 5 heteroatoms. The Morgan fingerprint density at radius 1 is 1.03 bits per heavy atom. The molecule has 1 unspecified atom stereocenters. The molecule has 2 rings (SSSR count). The van der Waals surface area contributed by atoms with E-state index >= 15 is 0 Å². The number of benzene rings is 2. The van der Waals surface area contributed by atoms with Crippen LogP contribution in [0.3, 0.4) is 0 Å². The highest BCUT2D eigenvalue weighted by Gasteiger charge is 2.50. The summed E-state index contributed by atoms with van der Waals surface area (Å²) >= 11 is 0. The zero-order valence-electron chi connectivity index (χ0n) is 17.9. The van der Waals surface area contributed by atoms with Crippen LogP contribution in [0.4, 0.5) is 0 Å². The van der Waals surface area contributed by atoms with Crippen molar-refractivity contribution in [1.82, 2.24) is 0 Å². The van der Waals surface area contributed by atoms with Crippen LogP contribution in [0, 0.1) is 0 Å². The SMILES string of the molecule is C=C(CO[Si](c1ccccc1)(c1ccccc1)C(C)(C)C)CC(O)C(=O)OCC. The molecule has 0 aliphatic heterocycles. The van der Waals surface area contributed by atoms with E-state index in [-0.39, 0.29) is 24.7 Å². The van der Waals surface area contributed by atoms with Crippen molar-refractivity contribution in [3.63, 3.8) is 0 Å². The molecular weight excluding hydrogens is 380 g/mol. The standard InChI is InChI=1S/C24H32O4Si/c1-6-27-23(26)22(25)17-19(2)18-28-29(24(3,4)5,20-13-9-7-10-14-20)21-15-11-8-12-16-21/h7-16,22,25H,2,6,17-18H2,1,3-5H3. The van der Waals surface area contributed by atoms with Gasteiger partial charge in [0.25, 0.3) is 8.32 Å². The number of ether oxygens (including phenoxy) is 1. The van der Waals surface area contributed by atoms with Crippen LogP contribution in [0.5, 0.6) is 0 Å². The fourth-order valence-electron chi connectivity index (χ4n) is 3.63. The number of aliphatic hydroxyl groups excluding tert-OH is 1. The number of carbonyl (C=O) groups excluding carboxylic acids is 1. The van der Waals surface area contributed by atoms with E-state index in [9.17, 15) is 9.90 Å². The Morgan fingerprint density at radius 2 is 1.52 bits per heavy atom. The average Bonchev–Trinajstić information content (AvgIpc) is 2.69. The number of aliphatic hydroxyl groups is 1. The molecule has 2 aromatic carbocycles. The highest BCUT2D eigenvalue weighted by molar-refractivity contribution is 6.99. The Hall–Kier alpha value is -2.21. The van der Waals surface area contributed by atoms with Crippen LogP contribution in [0.2, 0.25) is 5.04 Å². The van der Waals surface area contributed by atoms with Gasteiger partial charge in [0.2, 0.25) is 0 Å². The van der Waals surface area contributed by atoms with Gasteiger partial charge in [-0.25, -0.2) is 4.79 Å². The Bertz CT molecular complexity index is 757. The topological polar surface area (TPSA) is 55.8 Å². The van der Waals surface area contributed by atoms with E-state index in [1.54, 1.807) is 6.92 Å². The number of hydrogen-bond acceptors (Lipinski definition) is 4. The molecule has 4 nitrogen and oxygen atoms in total. The summed E-state index contributed by atoms with van der Waals surface area (Å²) < 4.78 is 11.6. The molecule has 0 fully saturated rings. The molecular formula is C24H32O4Si. The summed E-state index contributed by atoms with van der Waals surface area (Å²) in [6, 6.07) is 20.7. The van der Waals surface area contributed by atoms with Crippen LogP contribution < -0.4 is 10.4 Å². The minimum atomic E-state index is -2.66. The maximum atomic E-state index is 11.7. The molecule has 0 amide bonds. The second kappa shape index (κ2) is 10.0. The molecule has 0 aliphatic carbocycles. The maximum Gasteiger partial charge on any atom is 0.335 e. The smallest absolute Gasteiger partial charge is 0.335 e. The fourth-order valence-corrected chi connectivity index (χ4v) is 8.20. The first kappa shape index (κ1) is 23.1. The summed E-state index contributed by atoms with van der Waals surface area (Å²) in [6.45, 7) is 12.9. The molecule has 29 heavy (non-hydrogen) atoms. The second-order valence-corrected chi connectivity index (χ2v) is 12.5. The van der Waals surface area contributed by atoms with Gasteiger partial charge in [0, 0.05) is 6.42 Å². The Kier molecular flexibility index (Phi) is 7.96. The van der Waals surface area contributed by atoms with Crippen molar-refractivity contribution >= 4 is 24.7 Å². The summed E-state index contributed by atoms with van der Waals surface area (Å²) in [5.74, 6) is -0.626. The van der Waals surface area contributed by atoms with E-state index in [1.165, 1.54) is 10.4 Å². The first-order chi connectivity index (χ1) is 13.7. The van der Waals surface area contributed by atoms with E-state index in [4.69, 9.17) is 9.16 Å². The molecule has 0 heterocycles. The quantitative estimate of drug-likeness (QED) is 0.389. The van der Waals surface area contributed by atoms with Crippen molar-refractivity contribution in [3.05, 3.63) is 72.8 Å². The van der Waals surface area contributed by atoms with Gasteiger partial charge in [-0.05, 0) is 27.9 Å². The van der Waals surface area contributed by atoms with Crippen molar-refractivity contribution in [2.75, 3.05) is 13.2 Å². The lowest BCUT2D eigenvalue weighted by atomic mass is 10.1. The molecule has 0 bridgehead atoms. The summed E-state index contributed by atoms with van der Waals surface area (Å²) in [5, 5.41) is 12.3. The number of esters is 1. The molecule has 0 saturated heterocycles. The van der Waals surface area contributed by atoms with E-state index in [2.05, 4.69) is 51.6 Å². The molecule has 1 atom stereocenters. The monoisotopic (exact) mass is 412 g/mol. The van der Waals surface area contributed by atoms with Crippen LogP contribution in [0.1, 0.15) is 34.1 Å². The molecule has 0 spiro atoms. The lowest BCUT2D eigenvalue weighted by Crippen LogP contribution is -2.66. The van der Waals surface area contributed by atoms with Crippen molar-refractivity contribution in [2.24, 2.45) is 0 Å². The third-order valence-corrected chi connectivity index (χ3v) is 9.93. The van der Waals surface area contributed by atoms with Gasteiger partial charge in [-0.2, -0.15) is 0 Å². The van der Waals surface area contributed by atoms with Crippen LogP contribution in [-0.2, 0) is 14.0 Å². The predicted octanol–water partition coefficient (Wildman–Crippen LogP) is 3.43. The first-order valence-corrected chi connectivity index (χ1v) is 11.9. The van der Waals surface area contributed by atoms with Gasteiger partial charge >= 0.3 is 5.97 Å². The highest BCUT2D eigenvalue weighted by atomic mass is 28.4. The van der Waals surface area contributed by atoms with Crippen molar-refractivity contribution in [2.45, 2.75) is 45.3 Å². The van der Waals surface area contributed by atoms with Crippen molar-refractivity contribution < 1.29 is 19.1 Å². The van der Waals surface area contributed by atoms with Crippen molar-refractivity contribution in [3.8, 4) is 0 Å². The van der Waals surface area contributed by atoms with Gasteiger partial charge in [-0.3, -0.25) is 0 Å². The van der Waals surface area contributed by atoms with Gasteiger partial charge in [-0.1, -0.05) is 88.0 Å². The van der Waals surface area contributed by atoms with E-state index < -0.39 is 20.4 Å². The summed E-state index contributed by atoms with van der Waals surface area (Å²) in [4.78, 5) is 11.7. The average molecular weight is 413 g/mol. The second-order valence-electron chi connectivity index (χ2n) is 8.17. The van der Waals surface area contributed by atoms with Crippen LogP contribution in [0.15, 0.2) is 72.8 Å². The summed E-state index contributed by atoms with van der Waals surface area (Å²) in [5.41, 5.74) is 0.665. The molecule has 0 radical (unpaired) electrons. The third-order valence-electron chi connectivity index (χ3n) is 4.95. The highest BCUT2D eigenvalue weighted by Crippen LogP contribution is 2.37. The first-order valence-electron chi connectivity index (χ1n) is 9.98. The van der Waals surface area contributed by atoms with Crippen LogP contribution in [-0.4, -0.2) is 38.7 Å². The maximum absolute atomic E-state index is 11.7. The predicted molar refractivity (Wildman–Crippen MR) is 120 cm³/mol. The molecule has 0 aliphatic rings. The normalized spacial score (nSPS) is 13.0. The largest absolute Gasteiger partial charge is 0.464 e. The van der Waals surface area contributed by atoms with E-state index in [0.29, 0.717) is 5.57 Å². The van der Waals surface area contributed by atoms with Gasteiger partial charge in [0.05, 0.1) is 13.2 Å². The third kappa shape index (κ3) is 5.44. The van der Waals surface area contributed by atoms with Gasteiger partial charge in [0.1, 0.15) is 0 Å². The minimum Gasteiger partial charge on any atom is -0.464 e. The summed E-state index contributed by atoms with van der Waals surface area (Å²) in [7, 11) is -2.66. The Morgan fingerprint density at radius 3 is 1.93 bits per heavy atom. The van der Waals surface area contributed by atoms with Gasteiger partial charge < -0.3 is 14.3 Å². The molecule has 0 saturated carbocycles. The zero-order chi connectivity index (χ0) is 21.5. The van der Waals surface area contributed by atoms with E-state index in [1.807, 2.05) is 36.4 Å². The van der Waals surface area contributed by atoms with Crippen molar-refractivity contribution in [1.29, 1.82) is 0 Å². The molecule has 0 aromatic heterocycles. The molecule has 1 N–H and O–H groups in total. The van der Waals surface area contributed by atoms with E-state index in [0.717, 1.165) is 0 Å². The molecule has 156 valence electrons. The number of carbonyl (C=O) groups is 1. The van der Waals surface area contributed by atoms with Crippen LogP contribution >= 0.6 is 0 Å². The van der Waals surface area contributed by atoms with Gasteiger partial charge in [0.15, 0.2) is 6.10 Å². The fraction of sp³-hybridized carbons (Fsp3) is 0.375.